The first-order chi connectivity index (χ1) is 11.6. The molecule has 0 saturated heterocycles. The Hall–Kier alpha value is -2.58. The molecule has 7 nitrogen and oxygen atoms in total. The standard InChI is InChI=1S/C16H18N4O3S/c1-10-13(2-5-23-10)14-7-15(20(19-14)3-4-21)18-8-12-6-11(9-24-12)16(17)22/h2,5-7,9,18,21H,3-4,8H2,1H3,(H2,17,22). The van der Waals surface area contributed by atoms with Gasteiger partial charge in [0, 0.05) is 21.9 Å². The lowest BCUT2D eigenvalue weighted by Gasteiger charge is -2.07. The van der Waals surface area contributed by atoms with Gasteiger partial charge in [-0.2, -0.15) is 5.10 Å². The summed E-state index contributed by atoms with van der Waals surface area (Å²) in [4.78, 5) is 12.1. The van der Waals surface area contributed by atoms with Crippen molar-refractivity contribution in [3.05, 3.63) is 46.0 Å². The molecule has 0 aliphatic carbocycles. The second kappa shape index (κ2) is 6.90. The molecule has 0 atom stereocenters. The monoisotopic (exact) mass is 346 g/mol. The summed E-state index contributed by atoms with van der Waals surface area (Å²) in [6.07, 6.45) is 1.62. The van der Waals surface area contributed by atoms with Crippen LogP contribution >= 0.6 is 11.3 Å². The maximum Gasteiger partial charge on any atom is 0.249 e. The van der Waals surface area contributed by atoms with Crippen LogP contribution in [0.25, 0.3) is 11.3 Å². The molecule has 3 rings (SSSR count). The molecule has 0 spiro atoms. The zero-order valence-electron chi connectivity index (χ0n) is 13.2. The number of furan rings is 1. The second-order valence-electron chi connectivity index (χ2n) is 5.27. The third-order valence-corrected chi connectivity index (χ3v) is 4.55. The van der Waals surface area contributed by atoms with E-state index in [0.717, 1.165) is 27.7 Å². The summed E-state index contributed by atoms with van der Waals surface area (Å²) in [6, 6.07) is 5.55. The van der Waals surface area contributed by atoms with E-state index < -0.39 is 5.91 Å². The summed E-state index contributed by atoms with van der Waals surface area (Å²) >= 11 is 1.47. The van der Waals surface area contributed by atoms with E-state index >= 15 is 0 Å². The Balaban J connectivity index is 1.79. The van der Waals surface area contributed by atoms with Crippen molar-refractivity contribution in [1.82, 2.24) is 9.78 Å². The number of aliphatic hydroxyl groups is 1. The molecule has 0 aliphatic heterocycles. The maximum atomic E-state index is 11.2. The lowest BCUT2D eigenvalue weighted by molar-refractivity contribution is 0.100. The number of aryl methyl sites for hydroxylation is 1. The van der Waals surface area contributed by atoms with E-state index in [1.165, 1.54) is 11.3 Å². The van der Waals surface area contributed by atoms with Crippen LogP contribution in [0.3, 0.4) is 0 Å². The van der Waals surface area contributed by atoms with Crippen LogP contribution in [0.15, 0.2) is 34.3 Å². The largest absolute Gasteiger partial charge is 0.469 e. The van der Waals surface area contributed by atoms with Crippen molar-refractivity contribution in [3.8, 4) is 11.3 Å². The highest BCUT2D eigenvalue weighted by atomic mass is 32.1. The molecular formula is C16H18N4O3S. The predicted molar refractivity (Wildman–Crippen MR) is 91.9 cm³/mol. The number of rotatable bonds is 7. The molecule has 126 valence electrons. The molecule has 8 heteroatoms. The normalized spacial score (nSPS) is 10.9. The SMILES string of the molecule is Cc1occc1-c1cc(NCc2cc(C(N)=O)cs2)n(CCO)n1. The van der Waals surface area contributed by atoms with Gasteiger partial charge in [-0.05, 0) is 19.1 Å². The van der Waals surface area contributed by atoms with Crippen LogP contribution in [-0.2, 0) is 13.1 Å². The van der Waals surface area contributed by atoms with Crippen LogP contribution in [0.5, 0.6) is 0 Å². The van der Waals surface area contributed by atoms with Gasteiger partial charge in [0.1, 0.15) is 11.6 Å². The number of anilines is 1. The van der Waals surface area contributed by atoms with Gasteiger partial charge in [-0.25, -0.2) is 4.68 Å². The minimum Gasteiger partial charge on any atom is -0.469 e. The Morgan fingerprint density at radius 2 is 2.33 bits per heavy atom. The average Bonchev–Trinajstić information content (AvgIpc) is 3.25. The van der Waals surface area contributed by atoms with Crippen molar-refractivity contribution in [2.45, 2.75) is 20.0 Å². The van der Waals surface area contributed by atoms with E-state index in [9.17, 15) is 9.90 Å². The number of carbonyl (C=O) groups excluding carboxylic acids is 1. The van der Waals surface area contributed by atoms with Crippen LogP contribution < -0.4 is 11.1 Å². The summed E-state index contributed by atoms with van der Waals surface area (Å²) in [5.41, 5.74) is 7.47. The van der Waals surface area contributed by atoms with E-state index in [4.69, 9.17) is 10.2 Å². The Labute approximate surface area is 142 Å². The smallest absolute Gasteiger partial charge is 0.249 e. The summed E-state index contributed by atoms with van der Waals surface area (Å²) < 4.78 is 7.03. The molecule has 0 saturated carbocycles. The van der Waals surface area contributed by atoms with Gasteiger partial charge >= 0.3 is 0 Å². The van der Waals surface area contributed by atoms with Crippen LogP contribution in [0.2, 0.25) is 0 Å². The van der Waals surface area contributed by atoms with Crippen molar-refractivity contribution in [2.75, 3.05) is 11.9 Å². The van der Waals surface area contributed by atoms with Crippen molar-refractivity contribution < 1.29 is 14.3 Å². The number of aliphatic hydroxyl groups excluding tert-OH is 1. The van der Waals surface area contributed by atoms with Gasteiger partial charge in [0.2, 0.25) is 5.91 Å². The van der Waals surface area contributed by atoms with Crippen LogP contribution in [0.4, 0.5) is 5.82 Å². The van der Waals surface area contributed by atoms with E-state index in [1.54, 1.807) is 22.4 Å². The van der Waals surface area contributed by atoms with Crippen LogP contribution in [-0.4, -0.2) is 27.4 Å². The summed E-state index contributed by atoms with van der Waals surface area (Å²) in [5.74, 6) is 1.15. The van der Waals surface area contributed by atoms with Crippen molar-refractivity contribution in [1.29, 1.82) is 0 Å². The molecular weight excluding hydrogens is 328 g/mol. The molecule has 0 radical (unpaired) electrons. The number of nitrogens with one attached hydrogen (secondary N) is 1. The van der Waals surface area contributed by atoms with Crippen molar-refractivity contribution in [3.63, 3.8) is 0 Å². The fourth-order valence-corrected chi connectivity index (χ4v) is 3.20. The van der Waals surface area contributed by atoms with Crippen molar-refractivity contribution in [2.24, 2.45) is 5.73 Å². The van der Waals surface area contributed by atoms with Gasteiger partial charge in [0.15, 0.2) is 0 Å². The maximum absolute atomic E-state index is 11.2. The highest BCUT2D eigenvalue weighted by Crippen LogP contribution is 2.26. The fraction of sp³-hybridized carbons (Fsp3) is 0.250. The number of aromatic nitrogens is 2. The van der Waals surface area contributed by atoms with Gasteiger partial charge < -0.3 is 20.6 Å². The van der Waals surface area contributed by atoms with E-state index in [-0.39, 0.29) is 6.61 Å². The van der Waals surface area contributed by atoms with Gasteiger partial charge in [0.25, 0.3) is 0 Å². The van der Waals surface area contributed by atoms with Crippen LogP contribution in [0, 0.1) is 6.92 Å². The zero-order valence-corrected chi connectivity index (χ0v) is 14.0. The second-order valence-corrected chi connectivity index (χ2v) is 6.27. The molecule has 0 bridgehead atoms. The third kappa shape index (κ3) is 3.34. The number of thiophene rings is 1. The van der Waals surface area contributed by atoms with E-state index in [0.29, 0.717) is 18.7 Å². The number of primary amides is 1. The van der Waals surface area contributed by atoms with E-state index in [1.807, 2.05) is 19.1 Å². The highest BCUT2D eigenvalue weighted by Gasteiger charge is 2.13. The number of hydrogen-bond donors (Lipinski definition) is 3. The summed E-state index contributed by atoms with van der Waals surface area (Å²) in [6.45, 7) is 2.80. The van der Waals surface area contributed by atoms with Gasteiger partial charge in [-0.1, -0.05) is 0 Å². The first-order valence-corrected chi connectivity index (χ1v) is 8.30. The van der Waals surface area contributed by atoms with Gasteiger partial charge in [0.05, 0.1) is 37.2 Å². The predicted octanol–water partition coefficient (Wildman–Crippen LogP) is 2.22. The minimum absolute atomic E-state index is 0.00893. The van der Waals surface area contributed by atoms with Gasteiger partial charge in [-0.15, -0.1) is 11.3 Å². The number of hydrogen-bond acceptors (Lipinski definition) is 6. The van der Waals surface area contributed by atoms with Crippen molar-refractivity contribution >= 4 is 23.1 Å². The first kappa shape index (κ1) is 16.3. The molecule has 4 N–H and O–H groups in total. The first-order valence-electron chi connectivity index (χ1n) is 7.42. The number of nitrogens with zero attached hydrogens (tertiary/aromatic N) is 2. The molecule has 3 aromatic heterocycles. The Bertz CT molecular complexity index is 849. The Morgan fingerprint density at radius 1 is 1.50 bits per heavy atom. The fourth-order valence-electron chi connectivity index (χ4n) is 2.39. The minimum atomic E-state index is -0.430. The molecule has 0 aliphatic rings. The quantitative estimate of drug-likeness (QED) is 0.608. The molecule has 24 heavy (non-hydrogen) atoms. The molecule has 0 aromatic carbocycles. The summed E-state index contributed by atoms with van der Waals surface area (Å²) in [7, 11) is 0. The van der Waals surface area contributed by atoms with Crippen LogP contribution in [0.1, 0.15) is 21.0 Å². The molecule has 0 fully saturated rings. The molecule has 1 amide bonds. The Kier molecular flexibility index (Phi) is 4.68. The Morgan fingerprint density at radius 3 is 2.96 bits per heavy atom. The average molecular weight is 346 g/mol. The molecule has 0 unspecified atom stereocenters. The lowest BCUT2D eigenvalue weighted by atomic mass is 10.2. The molecule has 3 heterocycles. The zero-order chi connectivity index (χ0) is 17.1. The lowest BCUT2D eigenvalue weighted by Crippen LogP contribution is -2.10. The van der Waals surface area contributed by atoms with E-state index in [2.05, 4.69) is 10.4 Å². The number of carbonyl (C=O) groups is 1. The van der Waals surface area contributed by atoms with Gasteiger partial charge in [-0.3, -0.25) is 4.79 Å². The topological polar surface area (TPSA) is 106 Å². The molecule has 3 aromatic rings. The third-order valence-electron chi connectivity index (χ3n) is 3.61. The highest BCUT2D eigenvalue weighted by molar-refractivity contribution is 7.10. The number of amides is 1. The summed E-state index contributed by atoms with van der Waals surface area (Å²) in [5, 5.41) is 18.8. The number of nitrogens with two attached hydrogens (primary N) is 1.